The van der Waals surface area contributed by atoms with Gasteiger partial charge in [0, 0.05) is 6.54 Å². The van der Waals surface area contributed by atoms with E-state index >= 15 is 0 Å². The Bertz CT molecular complexity index is 312. The highest BCUT2D eigenvalue weighted by Crippen LogP contribution is 2.20. The van der Waals surface area contributed by atoms with Crippen LogP contribution in [-0.2, 0) is 6.42 Å². The largest absolute Gasteiger partial charge is 0.303 e. The van der Waals surface area contributed by atoms with Crippen molar-refractivity contribution in [2.75, 3.05) is 19.6 Å². The lowest BCUT2D eigenvalue weighted by molar-refractivity contribution is 0.235. The van der Waals surface area contributed by atoms with Crippen LogP contribution in [0.3, 0.4) is 0 Å². The molecule has 0 radical (unpaired) electrons. The molecule has 1 aromatic rings. The Kier molecular flexibility index (Phi) is 4.61. The molecule has 0 amide bonds. The molecule has 17 heavy (non-hydrogen) atoms. The SMILES string of the molecule is CC(C)C(Cc1ccccc1)CN1CCCC1. The van der Waals surface area contributed by atoms with Crippen molar-refractivity contribution < 1.29 is 0 Å². The first-order valence-electron chi connectivity index (χ1n) is 7.02. The number of likely N-dealkylation sites (tertiary alicyclic amines) is 1. The van der Waals surface area contributed by atoms with Gasteiger partial charge in [0.1, 0.15) is 0 Å². The fraction of sp³-hybridized carbons (Fsp3) is 0.625. The van der Waals surface area contributed by atoms with E-state index in [-0.39, 0.29) is 0 Å². The molecule has 1 unspecified atom stereocenters. The average molecular weight is 231 g/mol. The van der Waals surface area contributed by atoms with E-state index in [1.807, 2.05) is 0 Å². The van der Waals surface area contributed by atoms with Crippen LogP contribution in [0.25, 0.3) is 0 Å². The van der Waals surface area contributed by atoms with Crippen LogP contribution in [0.15, 0.2) is 30.3 Å². The predicted octanol–water partition coefficient (Wildman–Crippen LogP) is 3.60. The Morgan fingerprint density at radius 1 is 1.06 bits per heavy atom. The molecule has 0 bridgehead atoms. The molecule has 1 fully saturated rings. The topological polar surface area (TPSA) is 3.24 Å². The summed E-state index contributed by atoms with van der Waals surface area (Å²) in [5.74, 6) is 1.58. The minimum atomic E-state index is 0.774. The zero-order valence-corrected chi connectivity index (χ0v) is 11.2. The van der Waals surface area contributed by atoms with E-state index in [1.54, 1.807) is 0 Å². The van der Waals surface area contributed by atoms with Crippen molar-refractivity contribution in [2.24, 2.45) is 11.8 Å². The minimum Gasteiger partial charge on any atom is -0.303 e. The normalized spacial score (nSPS) is 18.8. The molecule has 1 nitrogen and oxygen atoms in total. The van der Waals surface area contributed by atoms with Gasteiger partial charge in [0.15, 0.2) is 0 Å². The van der Waals surface area contributed by atoms with Gasteiger partial charge in [-0.3, -0.25) is 0 Å². The molecule has 1 aliphatic heterocycles. The van der Waals surface area contributed by atoms with Gasteiger partial charge in [0.25, 0.3) is 0 Å². The second-order valence-electron chi connectivity index (χ2n) is 5.70. The quantitative estimate of drug-likeness (QED) is 0.748. The summed E-state index contributed by atoms with van der Waals surface area (Å²) >= 11 is 0. The van der Waals surface area contributed by atoms with Crippen LogP contribution in [0, 0.1) is 11.8 Å². The lowest BCUT2D eigenvalue weighted by atomic mass is 9.89. The lowest BCUT2D eigenvalue weighted by Gasteiger charge is -2.26. The van der Waals surface area contributed by atoms with Crippen LogP contribution in [0.4, 0.5) is 0 Å². The van der Waals surface area contributed by atoms with E-state index < -0.39 is 0 Å². The fourth-order valence-corrected chi connectivity index (χ4v) is 2.72. The molecule has 0 spiro atoms. The smallest absolute Gasteiger partial charge is 0.00153 e. The predicted molar refractivity (Wildman–Crippen MR) is 74.1 cm³/mol. The van der Waals surface area contributed by atoms with Gasteiger partial charge in [-0.1, -0.05) is 44.2 Å². The molecule has 0 aliphatic carbocycles. The number of hydrogen-bond donors (Lipinski definition) is 0. The van der Waals surface area contributed by atoms with Crippen LogP contribution in [0.2, 0.25) is 0 Å². The molecule has 0 aromatic heterocycles. The van der Waals surface area contributed by atoms with Gasteiger partial charge in [-0.15, -0.1) is 0 Å². The summed E-state index contributed by atoms with van der Waals surface area (Å²) in [5, 5.41) is 0. The van der Waals surface area contributed by atoms with Crippen LogP contribution < -0.4 is 0 Å². The Morgan fingerprint density at radius 2 is 1.71 bits per heavy atom. The van der Waals surface area contributed by atoms with Gasteiger partial charge in [-0.2, -0.15) is 0 Å². The maximum Gasteiger partial charge on any atom is 0.00153 e. The standard InChI is InChI=1S/C16H25N/c1-14(2)16(13-17-10-6-7-11-17)12-15-8-4-3-5-9-15/h3-5,8-9,14,16H,6-7,10-13H2,1-2H3. The Labute approximate surface area is 106 Å². The zero-order valence-electron chi connectivity index (χ0n) is 11.2. The highest BCUT2D eigenvalue weighted by Gasteiger charge is 2.20. The zero-order chi connectivity index (χ0) is 12.1. The van der Waals surface area contributed by atoms with Crippen molar-refractivity contribution >= 4 is 0 Å². The maximum absolute atomic E-state index is 2.65. The van der Waals surface area contributed by atoms with E-state index in [9.17, 15) is 0 Å². The Hall–Kier alpha value is -0.820. The molecule has 0 N–H and O–H groups in total. The highest BCUT2D eigenvalue weighted by atomic mass is 15.1. The molecule has 1 saturated heterocycles. The lowest BCUT2D eigenvalue weighted by Crippen LogP contribution is -2.30. The second-order valence-corrected chi connectivity index (χ2v) is 5.70. The monoisotopic (exact) mass is 231 g/mol. The summed E-state index contributed by atoms with van der Waals surface area (Å²) in [6.45, 7) is 8.65. The second kappa shape index (κ2) is 6.20. The third-order valence-corrected chi connectivity index (χ3v) is 3.97. The van der Waals surface area contributed by atoms with Crippen LogP contribution in [-0.4, -0.2) is 24.5 Å². The fourth-order valence-electron chi connectivity index (χ4n) is 2.72. The van der Waals surface area contributed by atoms with Crippen molar-refractivity contribution in [1.29, 1.82) is 0 Å². The summed E-state index contributed by atoms with van der Waals surface area (Å²) in [5.41, 5.74) is 1.49. The van der Waals surface area contributed by atoms with Crippen molar-refractivity contribution in [2.45, 2.75) is 33.1 Å². The maximum atomic E-state index is 2.65. The van der Waals surface area contributed by atoms with Crippen LogP contribution >= 0.6 is 0 Å². The molecule has 94 valence electrons. The summed E-state index contributed by atoms with van der Waals surface area (Å²) in [6.07, 6.45) is 4.03. The summed E-state index contributed by atoms with van der Waals surface area (Å²) in [4.78, 5) is 2.65. The molecule has 1 aliphatic rings. The van der Waals surface area contributed by atoms with Gasteiger partial charge in [0.2, 0.25) is 0 Å². The van der Waals surface area contributed by atoms with Gasteiger partial charge >= 0.3 is 0 Å². The third-order valence-electron chi connectivity index (χ3n) is 3.97. The molecule has 1 aromatic carbocycles. The molecular weight excluding hydrogens is 206 g/mol. The van der Waals surface area contributed by atoms with Crippen molar-refractivity contribution in [3.8, 4) is 0 Å². The molecule has 1 atom stereocenters. The Morgan fingerprint density at radius 3 is 2.29 bits per heavy atom. The summed E-state index contributed by atoms with van der Waals surface area (Å²) in [6, 6.07) is 10.9. The average Bonchev–Trinajstić information content (AvgIpc) is 2.82. The first kappa shape index (κ1) is 12.6. The highest BCUT2D eigenvalue weighted by molar-refractivity contribution is 5.15. The number of hydrogen-bond acceptors (Lipinski definition) is 1. The van der Waals surface area contributed by atoms with Crippen molar-refractivity contribution in [3.63, 3.8) is 0 Å². The third kappa shape index (κ3) is 3.85. The van der Waals surface area contributed by atoms with Gasteiger partial charge in [-0.25, -0.2) is 0 Å². The first-order chi connectivity index (χ1) is 8.25. The van der Waals surface area contributed by atoms with Crippen LogP contribution in [0.5, 0.6) is 0 Å². The van der Waals surface area contributed by atoms with Gasteiger partial charge in [0.05, 0.1) is 0 Å². The van der Waals surface area contributed by atoms with E-state index in [2.05, 4.69) is 49.1 Å². The molecule has 2 rings (SSSR count). The molecule has 1 heterocycles. The Balaban J connectivity index is 1.92. The van der Waals surface area contributed by atoms with E-state index in [0.29, 0.717) is 0 Å². The van der Waals surface area contributed by atoms with Gasteiger partial charge < -0.3 is 4.90 Å². The first-order valence-corrected chi connectivity index (χ1v) is 7.02. The summed E-state index contributed by atoms with van der Waals surface area (Å²) in [7, 11) is 0. The number of rotatable bonds is 5. The summed E-state index contributed by atoms with van der Waals surface area (Å²) < 4.78 is 0. The van der Waals surface area contributed by atoms with Crippen molar-refractivity contribution in [1.82, 2.24) is 4.90 Å². The van der Waals surface area contributed by atoms with E-state index in [1.165, 1.54) is 44.5 Å². The van der Waals surface area contributed by atoms with Crippen LogP contribution in [0.1, 0.15) is 32.3 Å². The molecular formula is C16H25N. The van der Waals surface area contributed by atoms with Gasteiger partial charge in [-0.05, 0) is 49.8 Å². The van der Waals surface area contributed by atoms with E-state index in [0.717, 1.165) is 11.8 Å². The molecule has 0 saturated carbocycles. The van der Waals surface area contributed by atoms with Crippen molar-refractivity contribution in [3.05, 3.63) is 35.9 Å². The number of benzene rings is 1. The minimum absolute atomic E-state index is 0.774. The molecule has 1 heteroatoms. The number of nitrogens with zero attached hydrogens (tertiary/aromatic N) is 1. The van der Waals surface area contributed by atoms with E-state index in [4.69, 9.17) is 0 Å².